The van der Waals surface area contributed by atoms with Crippen molar-refractivity contribution in [3.05, 3.63) is 144 Å². The molecule has 0 saturated heterocycles. The molecular weight excluding hydrogens is 1380 g/mol. The van der Waals surface area contributed by atoms with Crippen molar-refractivity contribution in [2.24, 2.45) is 0 Å². The van der Waals surface area contributed by atoms with E-state index in [1.165, 1.54) is 51.4 Å². The predicted octanol–water partition coefficient (Wildman–Crippen LogP) is 18.2. The number of amides is 4. The van der Waals surface area contributed by atoms with Crippen LogP contribution in [0.25, 0.3) is 0 Å². The first-order valence-corrected chi connectivity index (χ1v) is 44.2. The Bertz CT molecular complexity index is 2480. The van der Waals surface area contributed by atoms with E-state index in [1.54, 1.807) is 97.1 Å². The van der Waals surface area contributed by atoms with Gasteiger partial charge >= 0.3 is 513 Å². The van der Waals surface area contributed by atoms with Crippen molar-refractivity contribution in [1.29, 1.82) is 0 Å². The van der Waals surface area contributed by atoms with Gasteiger partial charge in [0.05, 0.1) is 0 Å². The van der Waals surface area contributed by atoms with Crippen LogP contribution in [0.15, 0.2) is 121 Å². The molecule has 16 nitrogen and oxygen atoms in total. The molecule has 0 spiro atoms. The summed E-state index contributed by atoms with van der Waals surface area (Å²) >= 11 is -7.41. The smallest absolute Gasteiger partial charge is 0.0654 e. The van der Waals surface area contributed by atoms with Crippen LogP contribution in [0.5, 0.6) is 0 Å². The first-order valence-electron chi connectivity index (χ1n) is 39.5. The maximum atomic E-state index is 15.7. The molecule has 560 valence electrons. The molecule has 0 fully saturated rings. The van der Waals surface area contributed by atoms with Gasteiger partial charge in [-0.15, -0.1) is 0 Å². The van der Waals surface area contributed by atoms with Crippen LogP contribution in [0.3, 0.4) is 0 Å². The Morgan fingerprint density at radius 3 is 0.574 bits per heavy atom. The summed E-state index contributed by atoms with van der Waals surface area (Å²) in [5.41, 5.74) is 2.43. The van der Waals surface area contributed by atoms with E-state index < -0.39 is 91.7 Å². The third-order valence-electron chi connectivity index (χ3n) is 18.5. The van der Waals surface area contributed by atoms with Crippen molar-refractivity contribution in [1.82, 2.24) is 21.3 Å². The number of hydrogen-bond donors (Lipinski definition) is 4. The Kier molecular flexibility index (Phi) is 48.1. The summed E-state index contributed by atoms with van der Waals surface area (Å²) in [6.45, 7) is 8.76. The molecule has 0 heterocycles. The zero-order chi connectivity index (χ0) is 72.6. The number of unbranched alkanes of at least 4 members (excludes halogenated alkanes) is 32. The Morgan fingerprint density at radius 1 is 0.248 bits per heavy atom. The number of carbonyl (C=O) groups excluding carboxylic acids is 8. The van der Waals surface area contributed by atoms with Crippen molar-refractivity contribution >= 4 is 67.5 Å². The van der Waals surface area contributed by atoms with Gasteiger partial charge < -0.3 is 0 Å². The maximum absolute atomic E-state index is 15.7. The zero-order valence-electron chi connectivity index (χ0n) is 62.4. The first kappa shape index (κ1) is 86.8. The van der Waals surface area contributed by atoms with Crippen LogP contribution in [0, 0.1) is 0 Å². The summed E-state index contributed by atoms with van der Waals surface area (Å²) in [4.78, 5) is 120. The number of nitrogens with one attached hydrogen (secondary N) is 4. The molecule has 0 saturated carbocycles. The summed E-state index contributed by atoms with van der Waals surface area (Å²) in [5, 5.41) is 11.5. The molecule has 4 amide bonds. The van der Waals surface area contributed by atoms with Crippen molar-refractivity contribution in [3.8, 4) is 0 Å². The van der Waals surface area contributed by atoms with Gasteiger partial charge in [-0.2, -0.15) is 0 Å². The molecule has 0 aliphatic rings. The van der Waals surface area contributed by atoms with E-state index in [0.717, 1.165) is 154 Å². The minimum absolute atomic E-state index is 0.0710. The number of benzene rings is 4. The summed E-state index contributed by atoms with van der Waals surface area (Å²) in [6, 6.07) is 29.5. The molecule has 0 radical (unpaired) electrons. The molecule has 0 unspecified atom stereocenters. The molecule has 4 aromatic rings. The van der Waals surface area contributed by atoms with Crippen LogP contribution in [0.4, 0.5) is 0 Å². The van der Waals surface area contributed by atoms with Gasteiger partial charge in [0.25, 0.3) is 0 Å². The number of carbonyl (C=O) groups is 8. The molecule has 101 heavy (non-hydrogen) atoms. The normalized spacial score (nSPS) is 12.5. The second-order valence-corrected chi connectivity index (χ2v) is 32.9. The fourth-order valence-corrected chi connectivity index (χ4v) is 17.7. The molecular formula is C84H128N4O12Sn. The number of hydrogen-bond acceptors (Lipinski definition) is 12. The van der Waals surface area contributed by atoms with Gasteiger partial charge in [-0.1, -0.05) is 105 Å². The van der Waals surface area contributed by atoms with E-state index in [-0.39, 0.29) is 51.4 Å². The molecule has 4 rings (SSSR count). The molecule has 4 atom stereocenters. The van der Waals surface area contributed by atoms with Crippen LogP contribution < -0.4 is 21.3 Å². The van der Waals surface area contributed by atoms with E-state index >= 15 is 19.2 Å². The Balaban J connectivity index is 1.88. The fraction of sp³-hybridized carbons (Fsp3) is 0.619. The quantitative estimate of drug-likeness (QED) is 0.0239. The molecule has 4 N–H and O–H groups in total. The average molecular weight is 1500 g/mol. The van der Waals surface area contributed by atoms with Gasteiger partial charge in [0, 0.05) is 0 Å². The van der Waals surface area contributed by atoms with Gasteiger partial charge in [-0.05, 0) is 0 Å². The molecule has 0 aliphatic heterocycles. The van der Waals surface area contributed by atoms with Gasteiger partial charge in [0.15, 0.2) is 0 Å². The second-order valence-electron chi connectivity index (χ2n) is 27.7. The number of rotatable bonds is 60. The van der Waals surface area contributed by atoms with Crippen molar-refractivity contribution in [2.75, 3.05) is 0 Å². The molecule has 0 aromatic heterocycles. The second kappa shape index (κ2) is 56.0. The van der Waals surface area contributed by atoms with Crippen LogP contribution >= 0.6 is 0 Å². The SMILES string of the molecule is CCCCCCCCCCCC(=O)N[C@@H](Cc1ccccc1)C(=O)[O][Sn]([O]C(=O)[C@H](Cc1ccccc1)NC(=O)CCCCCCCCCCC)([O]C(=O)[C@H](Cc1ccccc1)NC(=O)CCCCCCCCCCC)[O]C(=O)[C@H](Cc1ccccc1)NC(=O)CCCCCCCCCCC. The van der Waals surface area contributed by atoms with Crippen molar-refractivity contribution in [3.63, 3.8) is 0 Å². The minimum Gasteiger partial charge on any atom is -0.0654 e. The Morgan fingerprint density at radius 2 is 0.406 bits per heavy atom. The minimum atomic E-state index is -7.41. The van der Waals surface area contributed by atoms with Crippen LogP contribution in [-0.2, 0) is 76.3 Å². The average Bonchev–Trinajstić information content (AvgIpc) is 0.798. The van der Waals surface area contributed by atoms with E-state index in [2.05, 4.69) is 49.0 Å². The van der Waals surface area contributed by atoms with Gasteiger partial charge in [-0.3, -0.25) is 0 Å². The fourth-order valence-electron chi connectivity index (χ4n) is 12.5. The Hall–Kier alpha value is -6.56. The van der Waals surface area contributed by atoms with Crippen LogP contribution in [0.2, 0.25) is 0 Å². The molecule has 4 aromatic carbocycles. The van der Waals surface area contributed by atoms with Gasteiger partial charge in [0.1, 0.15) is 0 Å². The van der Waals surface area contributed by atoms with Crippen molar-refractivity contribution in [2.45, 2.75) is 334 Å². The van der Waals surface area contributed by atoms with E-state index in [4.69, 9.17) is 12.3 Å². The van der Waals surface area contributed by atoms with E-state index in [9.17, 15) is 19.2 Å². The van der Waals surface area contributed by atoms with Crippen LogP contribution in [0.1, 0.15) is 307 Å². The molecule has 0 aliphatic carbocycles. The Labute approximate surface area is 613 Å². The van der Waals surface area contributed by atoms with E-state index in [0.29, 0.717) is 47.9 Å². The third kappa shape index (κ3) is 41.4. The van der Waals surface area contributed by atoms with Crippen molar-refractivity contribution < 1.29 is 50.7 Å². The summed E-state index contributed by atoms with van der Waals surface area (Å²) in [7, 11) is 0. The molecule has 0 bridgehead atoms. The first-order chi connectivity index (χ1) is 49.3. The molecule has 17 heteroatoms. The summed E-state index contributed by atoms with van der Waals surface area (Å²) in [6.07, 6.45) is 36.3. The monoisotopic (exact) mass is 1500 g/mol. The summed E-state index contributed by atoms with van der Waals surface area (Å²) in [5.74, 6) is -6.83. The van der Waals surface area contributed by atoms with Gasteiger partial charge in [0.2, 0.25) is 0 Å². The standard InChI is InChI=1S/4C21H33NO3.Sn/c4*1-2-3-4-5-6-7-8-9-13-16-20(23)22-19(21(24)25)17-18-14-11-10-12-15-18;/h4*10-12,14-15,19H,2-9,13,16-17H2,1H3,(H,22,23)(H,24,25);/q;;;;+4/p-4/t4*19-;/m0000./s1. The van der Waals surface area contributed by atoms with Crippen LogP contribution in [-0.4, -0.2) is 91.7 Å². The topological polar surface area (TPSA) is 222 Å². The predicted molar refractivity (Wildman–Crippen MR) is 406 cm³/mol. The third-order valence-corrected chi connectivity index (χ3v) is 23.7. The summed E-state index contributed by atoms with van der Waals surface area (Å²) < 4.78 is 26.0. The van der Waals surface area contributed by atoms with E-state index in [1.807, 2.05) is 24.3 Å². The van der Waals surface area contributed by atoms with Gasteiger partial charge in [-0.25, -0.2) is 0 Å². The zero-order valence-corrected chi connectivity index (χ0v) is 65.2.